The number of halogens is 1. The number of hydrogen-bond acceptors (Lipinski definition) is 3. The first kappa shape index (κ1) is 24.0. The highest BCUT2D eigenvalue weighted by Gasteiger charge is 2.31. The number of rotatable bonds is 5. The van der Waals surface area contributed by atoms with Gasteiger partial charge in [0.2, 0.25) is 0 Å². The molecule has 0 N–H and O–H groups in total. The largest absolute Gasteiger partial charge is 0.337 e. The second kappa shape index (κ2) is 10.1. The number of fused-ring (bicyclic) bond motifs is 2. The lowest BCUT2D eigenvalue weighted by atomic mass is 10.1. The topological polar surface area (TPSA) is 57.7 Å². The summed E-state index contributed by atoms with van der Waals surface area (Å²) in [6.45, 7) is 0.688. The van der Waals surface area contributed by atoms with E-state index in [1.54, 1.807) is 71.4 Å². The van der Waals surface area contributed by atoms with E-state index in [1.807, 2.05) is 42.5 Å². The Balaban J connectivity index is 1.56. The van der Waals surface area contributed by atoms with Crippen LogP contribution in [0.25, 0.3) is 0 Å². The number of nitrogens with zero attached hydrogens (tertiary/aromatic N) is 2. The minimum Gasteiger partial charge on any atom is -0.337 e. The molecule has 0 fully saturated rings. The lowest BCUT2D eigenvalue weighted by molar-refractivity contribution is 0.0784. The van der Waals surface area contributed by atoms with E-state index < -0.39 is 10.8 Å². The molecule has 5 rings (SSSR count). The molecule has 1 heterocycles. The van der Waals surface area contributed by atoms with Crippen molar-refractivity contribution in [1.29, 1.82) is 0 Å². The molecule has 36 heavy (non-hydrogen) atoms. The van der Waals surface area contributed by atoms with Crippen LogP contribution in [0.3, 0.4) is 0 Å². The summed E-state index contributed by atoms with van der Waals surface area (Å²) in [5, 5.41) is 0.599. The molecule has 0 saturated carbocycles. The van der Waals surface area contributed by atoms with Gasteiger partial charge in [0.15, 0.2) is 0 Å². The molecule has 2 amide bonds. The van der Waals surface area contributed by atoms with Crippen LogP contribution in [-0.2, 0) is 23.9 Å². The maximum Gasteiger partial charge on any atom is 0.259 e. The van der Waals surface area contributed by atoms with Crippen molar-refractivity contribution in [2.75, 3.05) is 11.9 Å². The van der Waals surface area contributed by atoms with Gasteiger partial charge in [0.1, 0.15) is 0 Å². The molecule has 4 aromatic rings. The molecule has 1 atom stereocenters. The third-order valence-corrected chi connectivity index (χ3v) is 7.87. The number of anilines is 1. The Morgan fingerprint density at radius 2 is 1.56 bits per heavy atom. The smallest absolute Gasteiger partial charge is 0.259 e. The highest BCUT2D eigenvalue weighted by molar-refractivity contribution is 7.85. The number of carbonyl (C=O) groups is 2. The van der Waals surface area contributed by atoms with Gasteiger partial charge in [-0.1, -0.05) is 66.2 Å². The maximum absolute atomic E-state index is 13.7. The molecular formula is C29H23ClN2O3S. The van der Waals surface area contributed by atoms with Gasteiger partial charge in [-0.05, 0) is 53.6 Å². The number of hydrogen-bond donors (Lipinski definition) is 0. The zero-order chi connectivity index (χ0) is 25.2. The first-order chi connectivity index (χ1) is 17.4. The highest BCUT2D eigenvalue weighted by atomic mass is 35.5. The molecule has 1 aliphatic heterocycles. The summed E-state index contributed by atoms with van der Waals surface area (Å²) in [6.07, 6.45) is 0. The molecule has 5 nitrogen and oxygen atoms in total. The first-order valence-corrected chi connectivity index (χ1v) is 13.0. The van der Waals surface area contributed by atoms with Crippen LogP contribution in [0.5, 0.6) is 0 Å². The molecule has 7 heteroatoms. The van der Waals surface area contributed by atoms with E-state index in [0.717, 1.165) is 11.1 Å². The minimum absolute atomic E-state index is 0.187. The van der Waals surface area contributed by atoms with Crippen molar-refractivity contribution in [1.82, 2.24) is 4.90 Å². The summed E-state index contributed by atoms with van der Waals surface area (Å²) in [4.78, 5) is 31.3. The van der Waals surface area contributed by atoms with E-state index in [0.29, 0.717) is 38.2 Å². The highest BCUT2D eigenvalue weighted by Crippen LogP contribution is 2.36. The van der Waals surface area contributed by atoms with E-state index in [-0.39, 0.29) is 18.4 Å². The molecule has 0 radical (unpaired) electrons. The quantitative estimate of drug-likeness (QED) is 0.331. The van der Waals surface area contributed by atoms with Gasteiger partial charge in [0.25, 0.3) is 11.8 Å². The molecule has 0 saturated heterocycles. The monoisotopic (exact) mass is 514 g/mol. The molecule has 180 valence electrons. The van der Waals surface area contributed by atoms with Crippen LogP contribution in [-0.4, -0.2) is 28.0 Å². The first-order valence-electron chi connectivity index (χ1n) is 11.4. The Morgan fingerprint density at radius 3 is 2.31 bits per heavy atom. The van der Waals surface area contributed by atoms with Gasteiger partial charge in [-0.25, -0.2) is 4.21 Å². The fourth-order valence-electron chi connectivity index (χ4n) is 4.28. The average molecular weight is 515 g/mol. The summed E-state index contributed by atoms with van der Waals surface area (Å²) >= 11 is 6.06. The van der Waals surface area contributed by atoms with Crippen LogP contribution in [0.4, 0.5) is 5.69 Å². The van der Waals surface area contributed by atoms with Crippen molar-refractivity contribution in [3.8, 4) is 0 Å². The zero-order valence-electron chi connectivity index (χ0n) is 19.6. The Morgan fingerprint density at radius 1 is 0.861 bits per heavy atom. The maximum atomic E-state index is 13.7. The van der Waals surface area contributed by atoms with E-state index in [2.05, 4.69) is 0 Å². The number of amides is 2. The summed E-state index contributed by atoms with van der Waals surface area (Å²) in [5.41, 5.74) is 3.14. The predicted octanol–water partition coefficient (Wildman–Crippen LogP) is 5.94. The predicted molar refractivity (Wildman–Crippen MR) is 142 cm³/mol. The molecule has 1 aliphatic rings. The molecule has 0 spiro atoms. The van der Waals surface area contributed by atoms with Crippen LogP contribution < -0.4 is 4.90 Å². The van der Waals surface area contributed by atoms with Gasteiger partial charge >= 0.3 is 0 Å². The van der Waals surface area contributed by atoms with E-state index in [4.69, 9.17) is 11.6 Å². The Kier molecular flexibility index (Phi) is 6.72. The minimum atomic E-state index is -1.58. The van der Waals surface area contributed by atoms with Gasteiger partial charge in [-0.3, -0.25) is 9.59 Å². The summed E-state index contributed by atoms with van der Waals surface area (Å²) in [5.74, 6) is -0.456. The van der Waals surface area contributed by atoms with Gasteiger partial charge in [-0.15, -0.1) is 0 Å². The summed E-state index contributed by atoms with van der Waals surface area (Å²) in [6, 6.07) is 29.0. The van der Waals surface area contributed by atoms with Crippen LogP contribution in [0, 0.1) is 0 Å². The third kappa shape index (κ3) is 4.70. The van der Waals surface area contributed by atoms with Crippen molar-refractivity contribution in [3.63, 3.8) is 0 Å². The van der Waals surface area contributed by atoms with Crippen molar-refractivity contribution in [3.05, 3.63) is 124 Å². The van der Waals surface area contributed by atoms with Gasteiger partial charge in [0, 0.05) is 24.2 Å². The van der Waals surface area contributed by atoms with Gasteiger partial charge in [-0.2, -0.15) is 0 Å². The Hall–Kier alpha value is -3.74. The normalized spacial score (nSPS) is 14.6. The summed E-state index contributed by atoms with van der Waals surface area (Å²) < 4.78 is 13.6. The van der Waals surface area contributed by atoms with Crippen LogP contribution >= 0.6 is 11.6 Å². The molecule has 0 unspecified atom stereocenters. The lowest BCUT2D eigenvalue weighted by Crippen LogP contribution is -2.31. The molecule has 0 aliphatic carbocycles. The number of carbonyl (C=O) groups excluding carboxylic acids is 2. The molecule has 0 bridgehead atoms. The zero-order valence-corrected chi connectivity index (χ0v) is 21.1. The van der Waals surface area contributed by atoms with Crippen LogP contribution in [0.15, 0.2) is 107 Å². The second-order valence-corrected chi connectivity index (χ2v) is 10.5. The fraction of sp³-hybridized carbons (Fsp3) is 0.103. The fourth-order valence-corrected chi connectivity index (χ4v) is 5.75. The Labute approximate surface area is 217 Å². The Bertz CT molecular complexity index is 1470. The SMILES string of the molecule is CN(Cc1ccccc1)C(=O)c1ccc2c(c1)N(Cc1ccc(Cl)cc1)C(=O)c1ccccc1[S@]2=O. The second-order valence-electron chi connectivity index (χ2n) is 8.61. The van der Waals surface area contributed by atoms with Gasteiger partial charge < -0.3 is 9.80 Å². The molecule has 4 aromatic carbocycles. The van der Waals surface area contributed by atoms with Crippen LogP contribution in [0.2, 0.25) is 5.02 Å². The van der Waals surface area contributed by atoms with Crippen molar-refractivity contribution in [2.45, 2.75) is 22.9 Å². The van der Waals surface area contributed by atoms with Crippen molar-refractivity contribution in [2.24, 2.45) is 0 Å². The third-order valence-electron chi connectivity index (χ3n) is 6.12. The standard InChI is InChI=1S/C29H23ClN2O3S/c1-31(18-20-7-3-2-4-8-20)28(33)22-13-16-27-25(17-22)32(19-21-11-14-23(30)15-12-21)29(34)24-9-5-6-10-26(24)36(27)35/h2-17H,18-19H2,1H3/t36-/m1/s1. The van der Waals surface area contributed by atoms with Crippen molar-refractivity contribution < 1.29 is 13.8 Å². The van der Waals surface area contributed by atoms with Gasteiger partial charge in [0.05, 0.1) is 38.4 Å². The van der Waals surface area contributed by atoms with Crippen molar-refractivity contribution >= 4 is 39.9 Å². The number of benzene rings is 4. The van der Waals surface area contributed by atoms with E-state index >= 15 is 0 Å². The molecular weight excluding hydrogens is 492 g/mol. The van der Waals surface area contributed by atoms with Crippen LogP contribution in [0.1, 0.15) is 31.8 Å². The average Bonchev–Trinajstić information content (AvgIpc) is 2.99. The van der Waals surface area contributed by atoms with E-state index in [1.165, 1.54) is 0 Å². The summed E-state index contributed by atoms with van der Waals surface area (Å²) in [7, 11) is 0.159. The molecule has 0 aromatic heterocycles. The lowest BCUT2D eigenvalue weighted by Gasteiger charge is -2.24. The van der Waals surface area contributed by atoms with E-state index in [9.17, 15) is 13.8 Å².